The Morgan fingerprint density at radius 2 is 2.16 bits per heavy atom. The van der Waals surface area contributed by atoms with Crippen LogP contribution < -0.4 is 9.47 Å². The van der Waals surface area contributed by atoms with Crippen LogP contribution in [-0.4, -0.2) is 18.4 Å². The summed E-state index contributed by atoms with van der Waals surface area (Å²) in [5.41, 5.74) is 0.823. The van der Waals surface area contributed by atoms with Gasteiger partial charge in [0.15, 0.2) is 6.29 Å². The van der Waals surface area contributed by atoms with Crippen molar-refractivity contribution in [3.8, 4) is 11.6 Å². The molecule has 0 aliphatic rings. The van der Waals surface area contributed by atoms with Crippen molar-refractivity contribution in [1.29, 1.82) is 0 Å². The number of methoxy groups -OCH3 is 1. The minimum absolute atomic E-state index is 0.169. The van der Waals surface area contributed by atoms with Crippen LogP contribution >= 0.6 is 0 Å². The van der Waals surface area contributed by atoms with E-state index in [0.29, 0.717) is 23.6 Å². The Labute approximate surface area is 109 Å². The van der Waals surface area contributed by atoms with Gasteiger partial charge in [-0.2, -0.15) is 0 Å². The van der Waals surface area contributed by atoms with Gasteiger partial charge in [0.2, 0.25) is 5.88 Å². The highest BCUT2D eigenvalue weighted by Gasteiger charge is 2.06. The molecular formula is C14H12FNO3. The number of carbonyl (C=O) groups excluding carboxylic acids is 1. The summed E-state index contributed by atoms with van der Waals surface area (Å²) >= 11 is 0. The van der Waals surface area contributed by atoms with Gasteiger partial charge in [-0.15, -0.1) is 0 Å². The standard InChI is InChI=1S/C14H12FNO3/c1-18-14-4-2-3-12(16-14)9-19-13-6-5-11(15)7-10(13)8-17/h2-8H,9H2,1H3. The van der Waals surface area contributed by atoms with E-state index in [1.54, 1.807) is 18.2 Å². The fourth-order valence-electron chi connectivity index (χ4n) is 1.55. The molecule has 0 N–H and O–H groups in total. The number of hydrogen-bond acceptors (Lipinski definition) is 4. The second-order valence-electron chi connectivity index (χ2n) is 3.76. The Bertz CT molecular complexity index is 587. The van der Waals surface area contributed by atoms with Crippen LogP contribution in [0.25, 0.3) is 0 Å². The third kappa shape index (κ3) is 3.28. The van der Waals surface area contributed by atoms with Gasteiger partial charge in [0, 0.05) is 6.07 Å². The topological polar surface area (TPSA) is 48.4 Å². The first-order chi connectivity index (χ1) is 9.22. The van der Waals surface area contributed by atoms with E-state index in [-0.39, 0.29) is 12.2 Å². The van der Waals surface area contributed by atoms with Crippen molar-refractivity contribution in [1.82, 2.24) is 4.98 Å². The first-order valence-corrected chi connectivity index (χ1v) is 5.60. The minimum Gasteiger partial charge on any atom is -0.487 e. The molecular weight excluding hydrogens is 249 g/mol. The fraction of sp³-hybridized carbons (Fsp3) is 0.143. The van der Waals surface area contributed by atoms with Crippen molar-refractivity contribution in [2.75, 3.05) is 7.11 Å². The average Bonchev–Trinajstić information content (AvgIpc) is 2.46. The number of aromatic nitrogens is 1. The van der Waals surface area contributed by atoms with Gasteiger partial charge < -0.3 is 9.47 Å². The van der Waals surface area contributed by atoms with Crippen LogP contribution in [-0.2, 0) is 6.61 Å². The van der Waals surface area contributed by atoms with Gasteiger partial charge in [-0.05, 0) is 24.3 Å². The smallest absolute Gasteiger partial charge is 0.213 e. The predicted molar refractivity (Wildman–Crippen MR) is 66.9 cm³/mol. The van der Waals surface area contributed by atoms with Crippen molar-refractivity contribution < 1.29 is 18.7 Å². The Kier molecular flexibility index (Phi) is 4.07. The van der Waals surface area contributed by atoms with E-state index in [9.17, 15) is 9.18 Å². The average molecular weight is 261 g/mol. The van der Waals surface area contributed by atoms with E-state index in [1.165, 1.54) is 19.2 Å². The van der Waals surface area contributed by atoms with E-state index in [0.717, 1.165) is 6.07 Å². The summed E-state index contributed by atoms with van der Waals surface area (Å²) in [7, 11) is 1.53. The van der Waals surface area contributed by atoms with Crippen molar-refractivity contribution in [2.45, 2.75) is 6.61 Å². The molecule has 0 amide bonds. The molecule has 4 nitrogen and oxygen atoms in total. The van der Waals surface area contributed by atoms with E-state index in [1.807, 2.05) is 0 Å². The zero-order valence-corrected chi connectivity index (χ0v) is 10.3. The number of nitrogens with zero attached hydrogens (tertiary/aromatic N) is 1. The normalized spacial score (nSPS) is 10.0. The van der Waals surface area contributed by atoms with Crippen LogP contribution in [0.15, 0.2) is 36.4 Å². The monoisotopic (exact) mass is 261 g/mol. The molecule has 5 heteroatoms. The summed E-state index contributed by atoms with van der Waals surface area (Å²) in [5.74, 6) is 0.325. The van der Waals surface area contributed by atoms with Crippen molar-refractivity contribution in [3.05, 3.63) is 53.5 Å². The summed E-state index contributed by atoms with van der Waals surface area (Å²) < 4.78 is 23.4. The second kappa shape index (κ2) is 5.95. The van der Waals surface area contributed by atoms with E-state index in [2.05, 4.69) is 4.98 Å². The molecule has 0 aliphatic carbocycles. The number of benzene rings is 1. The number of halogens is 1. The van der Waals surface area contributed by atoms with Crippen LogP contribution in [0.2, 0.25) is 0 Å². The zero-order chi connectivity index (χ0) is 13.7. The molecule has 0 aliphatic heterocycles. The summed E-state index contributed by atoms with van der Waals surface area (Å²) in [4.78, 5) is 15.0. The highest BCUT2D eigenvalue weighted by molar-refractivity contribution is 5.79. The molecule has 0 radical (unpaired) electrons. The molecule has 1 aromatic carbocycles. The molecule has 98 valence electrons. The van der Waals surface area contributed by atoms with Crippen LogP contribution in [0.1, 0.15) is 16.1 Å². The maximum atomic E-state index is 13.0. The zero-order valence-electron chi connectivity index (χ0n) is 10.3. The molecule has 0 spiro atoms. The Hall–Kier alpha value is -2.43. The maximum Gasteiger partial charge on any atom is 0.213 e. The van der Waals surface area contributed by atoms with Gasteiger partial charge in [0.05, 0.1) is 18.4 Å². The summed E-state index contributed by atoms with van der Waals surface area (Å²) in [6, 6.07) is 9.06. The lowest BCUT2D eigenvalue weighted by Gasteiger charge is -2.08. The number of ether oxygens (including phenoxy) is 2. The van der Waals surface area contributed by atoms with Crippen molar-refractivity contribution in [2.24, 2.45) is 0 Å². The van der Waals surface area contributed by atoms with Gasteiger partial charge in [0.25, 0.3) is 0 Å². The molecule has 0 unspecified atom stereocenters. The number of aldehydes is 1. The molecule has 2 aromatic rings. The van der Waals surface area contributed by atoms with Crippen LogP contribution in [0.4, 0.5) is 4.39 Å². The maximum absolute atomic E-state index is 13.0. The van der Waals surface area contributed by atoms with Crippen molar-refractivity contribution >= 4 is 6.29 Å². The van der Waals surface area contributed by atoms with Crippen LogP contribution in [0.5, 0.6) is 11.6 Å². The molecule has 0 bridgehead atoms. The quantitative estimate of drug-likeness (QED) is 0.776. The number of hydrogen-bond donors (Lipinski definition) is 0. The lowest BCUT2D eigenvalue weighted by molar-refractivity contribution is 0.111. The number of pyridine rings is 1. The molecule has 1 heterocycles. The SMILES string of the molecule is COc1cccc(COc2ccc(F)cc2C=O)n1. The van der Waals surface area contributed by atoms with Gasteiger partial charge in [-0.25, -0.2) is 9.37 Å². The van der Waals surface area contributed by atoms with Crippen LogP contribution in [0, 0.1) is 5.82 Å². The molecule has 0 atom stereocenters. The Morgan fingerprint density at radius 1 is 1.32 bits per heavy atom. The van der Waals surface area contributed by atoms with E-state index < -0.39 is 5.82 Å². The summed E-state index contributed by atoms with van der Waals surface area (Å²) in [5, 5.41) is 0. The first-order valence-electron chi connectivity index (χ1n) is 5.60. The Morgan fingerprint density at radius 3 is 2.89 bits per heavy atom. The largest absolute Gasteiger partial charge is 0.487 e. The highest BCUT2D eigenvalue weighted by atomic mass is 19.1. The molecule has 0 saturated heterocycles. The lowest BCUT2D eigenvalue weighted by Crippen LogP contribution is -2.01. The first kappa shape index (κ1) is 13.0. The van der Waals surface area contributed by atoms with E-state index >= 15 is 0 Å². The minimum atomic E-state index is -0.478. The second-order valence-corrected chi connectivity index (χ2v) is 3.76. The van der Waals surface area contributed by atoms with Gasteiger partial charge >= 0.3 is 0 Å². The highest BCUT2D eigenvalue weighted by Crippen LogP contribution is 2.19. The van der Waals surface area contributed by atoms with Crippen LogP contribution in [0.3, 0.4) is 0 Å². The third-order valence-corrected chi connectivity index (χ3v) is 2.46. The molecule has 19 heavy (non-hydrogen) atoms. The molecule has 0 saturated carbocycles. The molecule has 0 fully saturated rings. The predicted octanol–water partition coefficient (Wildman–Crippen LogP) is 2.62. The fourth-order valence-corrected chi connectivity index (χ4v) is 1.55. The number of rotatable bonds is 5. The molecule has 1 aromatic heterocycles. The third-order valence-electron chi connectivity index (χ3n) is 2.46. The number of carbonyl (C=O) groups is 1. The molecule has 2 rings (SSSR count). The van der Waals surface area contributed by atoms with Crippen molar-refractivity contribution in [3.63, 3.8) is 0 Å². The lowest BCUT2D eigenvalue weighted by atomic mass is 10.2. The van der Waals surface area contributed by atoms with Gasteiger partial charge in [-0.3, -0.25) is 4.79 Å². The Balaban J connectivity index is 2.11. The summed E-state index contributed by atoms with van der Waals surface area (Å²) in [6.45, 7) is 0.170. The van der Waals surface area contributed by atoms with Gasteiger partial charge in [-0.1, -0.05) is 6.07 Å². The summed E-state index contributed by atoms with van der Waals surface area (Å²) in [6.07, 6.45) is 0.553. The van der Waals surface area contributed by atoms with E-state index in [4.69, 9.17) is 9.47 Å². The van der Waals surface area contributed by atoms with Gasteiger partial charge in [0.1, 0.15) is 18.2 Å².